The second kappa shape index (κ2) is 12.1. The van der Waals surface area contributed by atoms with Crippen molar-refractivity contribution in [1.29, 1.82) is 0 Å². The molecule has 1 aliphatic heterocycles. The van der Waals surface area contributed by atoms with Gasteiger partial charge in [-0.1, -0.05) is 35.9 Å². The number of aromatic nitrogens is 1. The second-order valence-corrected chi connectivity index (χ2v) is 11.9. The van der Waals surface area contributed by atoms with E-state index in [4.69, 9.17) is 11.6 Å². The largest absolute Gasteiger partial charge is 0.369 e. The molecule has 0 spiro atoms. The van der Waals surface area contributed by atoms with Crippen LogP contribution in [0.5, 0.6) is 0 Å². The molecule has 1 aliphatic rings. The molecular formula is C27H30ClFN4O4S. The maximum atomic E-state index is 13.3. The van der Waals surface area contributed by atoms with Crippen molar-refractivity contribution in [1.82, 2.24) is 10.3 Å². The van der Waals surface area contributed by atoms with Crippen LogP contribution in [-0.2, 0) is 21.2 Å². The standard InChI is InChI=1S/C27H30ClFN4O4S/c1-38(36,37)23-15-24(32-27(35)20-5-3-6-21(28)14-20)26(31-17-23)33-10-8-18(9-11-33)13-25(34)30-16-19-4-2-7-22(29)12-19/h2-7,12,14-15,17-18,27,32,35H,8-11,13,16H2,1H3,(H,30,34). The molecule has 1 fully saturated rings. The van der Waals surface area contributed by atoms with Crippen molar-refractivity contribution in [3.8, 4) is 0 Å². The molecule has 0 saturated carbocycles. The van der Waals surface area contributed by atoms with Crippen LogP contribution in [0.15, 0.2) is 65.7 Å². The van der Waals surface area contributed by atoms with Crippen LogP contribution in [0.3, 0.4) is 0 Å². The number of benzene rings is 2. The Morgan fingerprint density at radius 1 is 1.18 bits per heavy atom. The average Bonchev–Trinajstić information content (AvgIpc) is 2.87. The van der Waals surface area contributed by atoms with Gasteiger partial charge < -0.3 is 20.6 Å². The first-order chi connectivity index (χ1) is 18.1. The minimum Gasteiger partial charge on any atom is -0.369 e. The third-order valence-corrected chi connectivity index (χ3v) is 7.81. The summed E-state index contributed by atoms with van der Waals surface area (Å²) in [6.07, 6.45) is 3.11. The van der Waals surface area contributed by atoms with Gasteiger partial charge >= 0.3 is 0 Å². The summed E-state index contributed by atoms with van der Waals surface area (Å²) in [5.41, 5.74) is 1.61. The summed E-state index contributed by atoms with van der Waals surface area (Å²) in [5, 5.41) is 17.1. The van der Waals surface area contributed by atoms with Crippen molar-refractivity contribution in [3.05, 3.63) is 82.8 Å². The Morgan fingerprint density at radius 2 is 1.92 bits per heavy atom. The van der Waals surface area contributed by atoms with E-state index in [1.165, 1.54) is 24.4 Å². The lowest BCUT2D eigenvalue weighted by Gasteiger charge is -2.34. The van der Waals surface area contributed by atoms with Crippen molar-refractivity contribution < 1.29 is 22.7 Å². The van der Waals surface area contributed by atoms with Gasteiger partial charge in [0, 0.05) is 49.1 Å². The number of aliphatic hydroxyl groups is 1. The average molecular weight is 561 g/mol. The summed E-state index contributed by atoms with van der Waals surface area (Å²) < 4.78 is 37.7. The number of hydrogen-bond acceptors (Lipinski definition) is 7. The second-order valence-electron chi connectivity index (χ2n) is 9.46. The molecule has 3 N–H and O–H groups in total. The summed E-state index contributed by atoms with van der Waals surface area (Å²) in [7, 11) is -3.52. The van der Waals surface area contributed by atoms with Gasteiger partial charge in [-0.05, 0) is 54.7 Å². The third kappa shape index (κ3) is 7.43. The van der Waals surface area contributed by atoms with Gasteiger partial charge in [0.15, 0.2) is 21.9 Å². The number of sulfone groups is 1. The van der Waals surface area contributed by atoms with Gasteiger partial charge in [-0.25, -0.2) is 17.8 Å². The highest BCUT2D eigenvalue weighted by Crippen LogP contribution is 2.33. The molecule has 0 bridgehead atoms. The van der Waals surface area contributed by atoms with E-state index in [-0.39, 0.29) is 29.1 Å². The zero-order valence-electron chi connectivity index (χ0n) is 20.9. The highest BCUT2D eigenvalue weighted by molar-refractivity contribution is 7.90. The van der Waals surface area contributed by atoms with E-state index in [9.17, 15) is 22.7 Å². The van der Waals surface area contributed by atoms with Crippen molar-refractivity contribution in [2.45, 2.75) is 36.9 Å². The fourth-order valence-electron chi connectivity index (χ4n) is 4.44. The van der Waals surface area contributed by atoms with Crippen LogP contribution < -0.4 is 15.5 Å². The van der Waals surface area contributed by atoms with E-state index in [0.29, 0.717) is 47.2 Å². The van der Waals surface area contributed by atoms with E-state index in [1.54, 1.807) is 36.4 Å². The number of halogens is 2. The van der Waals surface area contributed by atoms with Gasteiger partial charge in [0.05, 0.1) is 10.6 Å². The van der Waals surface area contributed by atoms with Crippen molar-refractivity contribution in [2.75, 3.05) is 29.6 Å². The number of carbonyl (C=O) groups is 1. The van der Waals surface area contributed by atoms with Crippen molar-refractivity contribution in [2.24, 2.45) is 5.92 Å². The Kier molecular flexibility index (Phi) is 8.86. The van der Waals surface area contributed by atoms with Gasteiger partial charge in [0.25, 0.3) is 0 Å². The summed E-state index contributed by atoms with van der Waals surface area (Å²) in [4.78, 5) is 18.9. The van der Waals surface area contributed by atoms with Gasteiger partial charge in [-0.3, -0.25) is 4.79 Å². The number of amides is 1. The summed E-state index contributed by atoms with van der Waals surface area (Å²) >= 11 is 6.05. The molecule has 8 nitrogen and oxygen atoms in total. The number of piperidine rings is 1. The molecule has 1 atom stereocenters. The monoisotopic (exact) mass is 560 g/mol. The maximum absolute atomic E-state index is 13.3. The molecule has 1 amide bonds. The van der Waals surface area contributed by atoms with Gasteiger partial charge in [-0.2, -0.15) is 0 Å². The first-order valence-corrected chi connectivity index (χ1v) is 14.5. The first kappa shape index (κ1) is 27.8. The Labute approximate surface area is 226 Å². The van der Waals surface area contributed by atoms with E-state index in [2.05, 4.69) is 15.6 Å². The molecule has 3 aromatic rings. The molecule has 1 aromatic heterocycles. The van der Waals surface area contributed by atoms with Crippen LogP contribution in [0, 0.1) is 11.7 Å². The molecule has 11 heteroatoms. The summed E-state index contributed by atoms with van der Waals surface area (Å²) in [5.74, 6) is 0.265. The lowest BCUT2D eigenvalue weighted by Crippen LogP contribution is -2.36. The number of pyridine rings is 1. The maximum Gasteiger partial charge on any atom is 0.220 e. The molecule has 202 valence electrons. The number of aliphatic hydroxyl groups excluding tert-OH is 1. The molecule has 4 rings (SSSR count). The van der Waals surface area contributed by atoms with Gasteiger partial charge in [0.2, 0.25) is 5.91 Å². The van der Waals surface area contributed by atoms with Crippen LogP contribution in [0.25, 0.3) is 0 Å². The molecule has 2 aromatic carbocycles. The lowest BCUT2D eigenvalue weighted by atomic mass is 9.93. The number of rotatable bonds is 9. The van der Waals surface area contributed by atoms with Crippen LogP contribution >= 0.6 is 11.6 Å². The molecule has 2 heterocycles. The summed E-state index contributed by atoms with van der Waals surface area (Å²) in [6.45, 7) is 1.49. The first-order valence-electron chi connectivity index (χ1n) is 12.2. The van der Waals surface area contributed by atoms with E-state index >= 15 is 0 Å². The van der Waals surface area contributed by atoms with Gasteiger partial charge in [-0.15, -0.1) is 0 Å². The number of anilines is 2. The topological polar surface area (TPSA) is 112 Å². The molecule has 1 unspecified atom stereocenters. The fourth-order valence-corrected chi connectivity index (χ4v) is 5.21. The van der Waals surface area contributed by atoms with E-state index in [1.807, 2.05) is 4.90 Å². The quantitative estimate of drug-likeness (QED) is 0.334. The zero-order chi connectivity index (χ0) is 27.3. The molecule has 1 saturated heterocycles. The zero-order valence-corrected chi connectivity index (χ0v) is 22.5. The SMILES string of the molecule is CS(=O)(=O)c1cnc(N2CCC(CC(=O)NCc3cccc(F)c3)CC2)c(NC(O)c2cccc(Cl)c2)c1. The Hall–Kier alpha value is -3.21. The molecule has 0 radical (unpaired) electrons. The smallest absolute Gasteiger partial charge is 0.220 e. The highest BCUT2D eigenvalue weighted by Gasteiger charge is 2.25. The Morgan fingerprint density at radius 3 is 2.61 bits per heavy atom. The van der Waals surface area contributed by atoms with Crippen LogP contribution in [-0.4, -0.2) is 43.8 Å². The van der Waals surface area contributed by atoms with Crippen LogP contribution in [0.4, 0.5) is 15.9 Å². The van der Waals surface area contributed by atoms with Crippen molar-refractivity contribution in [3.63, 3.8) is 0 Å². The minimum atomic E-state index is -3.52. The molecule has 38 heavy (non-hydrogen) atoms. The number of nitrogens with zero attached hydrogens (tertiary/aromatic N) is 2. The fraction of sp³-hybridized carbons (Fsp3) is 0.333. The normalized spacial score (nSPS) is 15.2. The highest BCUT2D eigenvalue weighted by atomic mass is 35.5. The Balaban J connectivity index is 1.41. The number of nitrogens with one attached hydrogen (secondary N) is 2. The predicted octanol–water partition coefficient (Wildman–Crippen LogP) is 4.30. The molecular weight excluding hydrogens is 531 g/mol. The van der Waals surface area contributed by atoms with Gasteiger partial charge in [0.1, 0.15) is 5.82 Å². The lowest BCUT2D eigenvalue weighted by molar-refractivity contribution is -0.122. The Bertz CT molecular complexity index is 1400. The predicted molar refractivity (Wildman–Crippen MR) is 145 cm³/mol. The summed E-state index contributed by atoms with van der Waals surface area (Å²) in [6, 6.07) is 14.3. The van der Waals surface area contributed by atoms with Crippen molar-refractivity contribution >= 4 is 38.9 Å². The van der Waals surface area contributed by atoms with E-state index < -0.39 is 16.1 Å². The minimum absolute atomic E-state index is 0.0342. The number of hydrogen-bond donors (Lipinski definition) is 3. The van der Waals surface area contributed by atoms with Crippen LogP contribution in [0.2, 0.25) is 5.02 Å². The molecule has 0 aliphatic carbocycles. The number of carbonyl (C=O) groups excluding carboxylic acids is 1. The van der Waals surface area contributed by atoms with Crippen LogP contribution in [0.1, 0.15) is 36.6 Å². The third-order valence-electron chi connectivity index (χ3n) is 6.49. The van der Waals surface area contributed by atoms with E-state index in [0.717, 1.165) is 19.1 Å².